The van der Waals surface area contributed by atoms with Crippen molar-refractivity contribution in [1.82, 2.24) is 31.9 Å². The van der Waals surface area contributed by atoms with E-state index in [1.165, 1.54) is 41.3 Å². The van der Waals surface area contributed by atoms with Gasteiger partial charge in [-0.1, -0.05) is 176 Å². The van der Waals surface area contributed by atoms with Crippen LogP contribution in [0.5, 0.6) is 17.2 Å². The number of nitrogens with one attached hydrogen (secondary N) is 6. The molecule has 0 aliphatic heterocycles. The van der Waals surface area contributed by atoms with Gasteiger partial charge in [-0.3, -0.25) is 0 Å². The van der Waals surface area contributed by atoms with Crippen molar-refractivity contribution in [1.29, 1.82) is 10.8 Å². The van der Waals surface area contributed by atoms with Crippen LogP contribution in [0.1, 0.15) is 16.7 Å². The summed E-state index contributed by atoms with van der Waals surface area (Å²) in [4.78, 5) is 57.1. The number of phenolic OH excluding ortho intramolecular Hbond substituents is 1. The number of phenols is 1. The number of hydrogen-bond acceptors (Lipinski definition) is 15. The minimum Gasteiger partial charge on any atom is -0.507 e. The summed E-state index contributed by atoms with van der Waals surface area (Å²) in [5.41, 5.74) is 6.68. The molecule has 496 valence electrons. The molecule has 9 aromatic carbocycles. The number of aromatic hydroxyl groups is 1. The Hall–Kier alpha value is -10.5. The van der Waals surface area contributed by atoms with Crippen LogP contribution >= 0.6 is 22.5 Å². The van der Waals surface area contributed by atoms with Crippen LogP contribution in [0, 0.1) is 10.8 Å². The van der Waals surface area contributed by atoms with Crippen LogP contribution in [0.2, 0.25) is 0 Å². The van der Waals surface area contributed by atoms with Crippen LogP contribution in [0.4, 0.5) is 24.0 Å². The van der Waals surface area contributed by atoms with Gasteiger partial charge in [-0.05, 0) is 103 Å². The summed E-state index contributed by atoms with van der Waals surface area (Å²) < 4.78 is 35.7. The zero-order valence-electron chi connectivity index (χ0n) is 53.9. The fourth-order valence-corrected chi connectivity index (χ4v) is 17.8. The van der Waals surface area contributed by atoms with E-state index in [0.717, 1.165) is 43.0 Å². The van der Waals surface area contributed by atoms with Crippen molar-refractivity contribution >= 4 is 101 Å². The fourth-order valence-electron chi connectivity index (χ4n) is 9.03. The topological polar surface area (TPSA) is 340 Å². The Balaban J connectivity index is 0.000000286. The molecule has 95 heavy (non-hydrogen) atoms. The van der Waals surface area contributed by atoms with Gasteiger partial charge in [-0.25, -0.2) is 24.0 Å². The minimum atomic E-state index is -3.22. The van der Waals surface area contributed by atoms with Crippen molar-refractivity contribution in [2.45, 2.75) is 19.8 Å². The number of amides is 6. The molecule has 6 amide bonds. The number of nitrogens with two attached hydrogens (primary N) is 1. The van der Waals surface area contributed by atoms with Crippen molar-refractivity contribution in [3.63, 3.8) is 0 Å². The van der Waals surface area contributed by atoms with Gasteiger partial charge in [0.05, 0.1) is 22.5 Å². The highest BCUT2D eigenvalue weighted by Gasteiger charge is 2.40. The van der Waals surface area contributed by atoms with E-state index in [1.54, 1.807) is 81.8 Å². The van der Waals surface area contributed by atoms with Gasteiger partial charge in [0.2, 0.25) is 0 Å². The number of aliphatic hydroxyl groups excluding tert-OH is 1. The Labute approximate surface area is 555 Å². The molecule has 9 aromatic rings. The lowest BCUT2D eigenvalue weighted by Crippen LogP contribution is -2.33. The maximum Gasteiger partial charge on any atom is 0.412 e. The maximum absolute atomic E-state index is 14.1. The number of benzene rings is 9. The number of aliphatic hydroxyl groups is 1. The number of carbonyl (C=O) groups is 5. The largest absolute Gasteiger partial charge is 0.507 e. The summed E-state index contributed by atoms with van der Waals surface area (Å²) >= 11 is 0. The smallest absolute Gasteiger partial charge is 0.412 e. The van der Waals surface area contributed by atoms with E-state index < -0.39 is 46.8 Å². The molecular weight excluding hydrogens is 1270 g/mol. The minimum absolute atomic E-state index is 0.0294. The first-order valence-electron chi connectivity index (χ1n) is 29.2. The first-order chi connectivity index (χ1) is 46.1. The van der Waals surface area contributed by atoms with E-state index in [-0.39, 0.29) is 31.6 Å². The van der Waals surface area contributed by atoms with Gasteiger partial charge in [0, 0.05) is 76.4 Å². The second-order valence-electron chi connectivity index (χ2n) is 19.1. The predicted molar refractivity (Wildman–Crippen MR) is 379 cm³/mol. The van der Waals surface area contributed by atoms with Gasteiger partial charge < -0.3 is 76.4 Å². The van der Waals surface area contributed by atoms with Crippen LogP contribution in [0.3, 0.4) is 0 Å². The molecule has 0 aromatic heterocycles. The summed E-state index contributed by atoms with van der Waals surface area (Å²) in [6.45, 7) is 0.0107. The first kappa shape index (κ1) is 77.0. The Bertz CT molecular complexity index is 3760. The highest BCUT2D eigenvalue weighted by molar-refractivity contribution is 7.98. The summed E-state index contributed by atoms with van der Waals surface area (Å²) in [6.07, 6.45) is -2.14. The SMILES string of the molecule is CN.CNC(=O)NC.CNC(=O)OCc1ccc(OC(=O)NC)c(P(c2ccccc2)c2ccccc2)c1.C[N-][P+](c1ccccc1)(c1ccccc1)c1cc(COC(=O)NC)ccc1OC(=O)NC.N#N.O=P(c1ccccc1)(c1ccccc1)c1cc(CO)ccc1O. The van der Waals surface area contributed by atoms with Gasteiger partial charge in [0.1, 0.15) is 30.0 Å². The number of carbonyl (C=O) groups excluding carboxylic acids is 5. The molecule has 0 aliphatic carbocycles. The first-order valence-corrected chi connectivity index (χ1v) is 34.0. The third kappa shape index (κ3) is 21.8. The Morgan fingerprint density at radius 3 is 1.23 bits per heavy atom. The van der Waals surface area contributed by atoms with Gasteiger partial charge in [-0.15, -0.1) is 7.05 Å². The number of alkyl carbamates (subject to hydrolysis) is 2. The lowest BCUT2D eigenvalue weighted by Gasteiger charge is -2.37. The molecule has 0 unspecified atom stereocenters. The average Bonchev–Trinajstić information content (AvgIpc) is 0.763. The number of urea groups is 1. The van der Waals surface area contributed by atoms with E-state index in [1.807, 2.05) is 146 Å². The normalized spacial score (nSPS) is 10.2. The molecule has 0 spiro atoms. The second kappa shape index (κ2) is 41.2. The molecule has 0 saturated heterocycles. The molecule has 9 rings (SSSR count). The lowest BCUT2D eigenvalue weighted by atomic mass is 10.2. The molecule has 0 fully saturated rings. The molecule has 0 heterocycles. The highest BCUT2D eigenvalue weighted by Crippen LogP contribution is 2.61. The summed E-state index contributed by atoms with van der Waals surface area (Å²) in [5, 5.41) is 58.8. The van der Waals surface area contributed by atoms with Crippen molar-refractivity contribution in [2.75, 3.05) is 56.4 Å². The molecule has 0 atom stereocenters. The molecule has 0 bridgehead atoms. The third-order valence-corrected chi connectivity index (χ3v) is 22.7. The van der Waals surface area contributed by atoms with Gasteiger partial charge in [0.15, 0.2) is 12.9 Å². The molecule has 0 radical (unpaired) electrons. The van der Waals surface area contributed by atoms with Gasteiger partial charge in [0.25, 0.3) is 0 Å². The van der Waals surface area contributed by atoms with Crippen LogP contribution in [-0.4, -0.2) is 97.0 Å². The van der Waals surface area contributed by atoms with Crippen LogP contribution in [-0.2, 0) is 33.9 Å². The molecular formula is C70H79N10O12P3. The number of rotatable bonds is 17. The van der Waals surface area contributed by atoms with Crippen molar-refractivity contribution in [3.05, 3.63) is 258 Å². The summed E-state index contributed by atoms with van der Waals surface area (Å²) in [5.74, 6) is 0.842. The number of ether oxygens (including phenoxy) is 4. The predicted octanol–water partition coefficient (Wildman–Crippen LogP) is 8.17. The van der Waals surface area contributed by atoms with E-state index in [0.29, 0.717) is 33.0 Å². The van der Waals surface area contributed by atoms with Gasteiger partial charge in [-0.2, -0.15) is 0 Å². The van der Waals surface area contributed by atoms with Crippen molar-refractivity contribution in [3.8, 4) is 17.2 Å². The third-order valence-electron chi connectivity index (χ3n) is 13.4. The van der Waals surface area contributed by atoms with Crippen LogP contribution in [0.25, 0.3) is 5.09 Å². The van der Waals surface area contributed by atoms with Crippen molar-refractivity contribution in [2.24, 2.45) is 5.73 Å². The standard InChI is InChI=1S/C24H26N3O4P.C23H23N2O4P.C19H17O3P.C3H8N2O.CH5N.N2/c1-25-23(28)30-17-18-14-15-21(31-24(29)26-2)22(16-18)32(27-3,19-10-6-4-7-11-19)20-12-8-5-9-13-20;1-24-22(26)28-16-17-13-14-20(29-23(27)25-2)21(15-17)30(18-9-5-3-6-10-18)19-11-7-4-8-12-19;20-14-15-11-12-18(21)19(13-15)23(22,16-7-3-1-4-8-16)17-9-5-2-6-10-17;1-4-3(6)5-2;2*1-2/h4-16H,17H2,1-3H3,(H,25,28)(H,26,29);3-15H,16H2,1-2H3,(H,24,26)(H,25,27);1-13,20-21H,14H2;1-2H3,(H2,4,5,6);2H2,1H3;. The Kier molecular flexibility index (Phi) is 33.4. The van der Waals surface area contributed by atoms with E-state index in [2.05, 4.69) is 61.9 Å². The fraction of sp³-hybridized carbons (Fsp3) is 0.157. The summed E-state index contributed by atoms with van der Waals surface area (Å²) in [7, 11) is 5.68. The van der Waals surface area contributed by atoms with E-state index in [9.17, 15) is 38.8 Å². The molecule has 10 N–H and O–H groups in total. The van der Waals surface area contributed by atoms with E-state index >= 15 is 0 Å². The zero-order chi connectivity index (χ0) is 69.6. The number of nitrogens with zero attached hydrogens (tertiary/aromatic N) is 3. The second-order valence-corrected chi connectivity index (χ2v) is 27.2. The Morgan fingerprint density at radius 2 is 0.853 bits per heavy atom. The van der Waals surface area contributed by atoms with Crippen molar-refractivity contribution < 1.29 is 57.7 Å². The molecule has 25 heteroatoms. The molecule has 0 aliphatic rings. The monoisotopic (exact) mass is 1340 g/mol. The zero-order valence-corrected chi connectivity index (χ0v) is 56.6. The highest BCUT2D eigenvalue weighted by atomic mass is 31.2. The lowest BCUT2D eigenvalue weighted by molar-refractivity contribution is 0.141. The molecule has 0 saturated carbocycles. The summed E-state index contributed by atoms with van der Waals surface area (Å²) in [6, 6.07) is 73.8. The van der Waals surface area contributed by atoms with Crippen LogP contribution in [0.15, 0.2) is 237 Å². The molecule has 22 nitrogen and oxygen atoms in total. The quantitative estimate of drug-likeness (QED) is 0.0307. The Morgan fingerprint density at radius 1 is 0.484 bits per heavy atom. The van der Waals surface area contributed by atoms with E-state index in [4.69, 9.17) is 34.8 Å². The number of hydrogen-bond donors (Lipinski definition) is 9. The maximum atomic E-state index is 14.1. The van der Waals surface area contributed by atoms with Crippen LogP contribution < -0.4 is 94.8 Å². The van der Waals surface area contributed by atoms with Gasteiger partial charge >= 0.3 is 30.4 Å². The average molecular weight is 1350 g/mol.